The van der Waals surface area contributed by atoms with Crippen LogP contribution in [0.1, 0.15) is 47.5 Å². The van der Waals surface area contributed by atoms with Crippen molar-refractivity contribution in [1.82, 2.24) is 4.90 Å². The lowest BCUT2D eigenvalue weighted by atomic mass is 10.1. The molecule has 2 nitrogen and oxygen atoms in total. The van der Waals surface area contributed by atoms with E-state index in [0.717, 1.165) is 12.1 Å². The maximum absolute atomic E-state index is 2.74. The summed E-state index contributed by atoms with van der Waals surface area (Å²) >= 11 is 0. The number of quaternary nitrogens is 1. The Bertz CT molecular complexity index is 187. The molecular weight excluding hydrogens is 184 g/mol. The summed E-state index contributed by atoms with van der Waals surface area (Å²) in [5, 5.41) is 0. The second kappa shape index (κ2) is 5.31. The molecule has 0 spiro atoms. The molecule has 90 valence electrons. The number of rotatable bonds is 5. The smallest absolute Gasteiger partial charge is 0.135 e. The SMILES string of the molecule is CCC(C)N1C[N+](CC)(CC)CC1CC. The van der Waals surface area contributed by atoms with Crippen LogP contribution in [-0.2, 0) is 0 Å². The zero-order valence-electron chi connectivity index (χ0n) is 11.3. The average Bonchev–Trinajstić information content (AvgIpc) is 2.68. The van der Waals surface area contributed by atoms with E-state index in [-0.39, 0.29) is 0 Å². The minimum absolute atomic E-state index is 0.757. The van der Waals surface area contributed by atoms with Crippen molar-refractivity contribution in [2.24, 2.45) is 0 Å². The molecule has 2 atom stereocenters. The van der Waals surface area contributed by atoms with E-state index in [0.29, 0.717) is 0 Å². The lowest BCUT2D eigenvalue weighted by molar-refractivity contribution is -0.918. The largest absolute Gasteiger partial charge is 0.310 e. The van der Waals surface area contributed by atoms with E-state index in [1.165, 1.54) is 43.6 Å². The molecule has 0 saturated carbocycles. The molecule has 15 heavy (non-hydrogen) atoms. The Labute approximate surface area is 95.8 Å². The molecule has 1 aliphatic rings. The van der Waals surface area contributed by atoms with Crippen molar-refractivity contribution in [2.45, 2.75) is 59.5 Å². The monoisotopic (exact) mass is 213 g/mol. The Hall–Kier alpha value is -0.0800. The Balaban J connectivity index is 2.73. The molecule has 1 heterocycles. The molecule has 0 bridgehead atoms. The highest BCUT2D eigenvalue weighted by molar-refractivity contribution is 4.78. The van der Waals surface area contributed by atoms with E-state index in [9.17, 15) is 0 Å². The summed E-state index contributed by atoms with van der Waals surface area (Å²) in [5.41, 5.74) is 0. The van der Waals surface area contributed by atoms with E-state index in [1.807, 2.05) is 0 Å². The first kappa shape index (κ1) is 13.0. The summed E-state index contributed by atoms with van der Waals surface area (Å²) in [7, 11) is 0. The van der Waals surface area contributed by atoms with Crippen LogP contribution in [0, 0.1) is 0 Å². The lowest BCUT2D eigenvalue weighted by Crippen LogP contribution is -2.47. The zero-order chi connectivity index (χ0) is 11.5. The van der Waals surface area contributed by atoms with Crippen molar-refractivity contribution in [2.75, 3.05) is 26.3 Å². The van der Waals surface area contributed by atoms with Gasteiger partial charge in [-0.1, -0.05) is 13.8 Å². The van der Waals surface area contributed by atoms with Crippen molar-refractivity contribution in [1.29, 1.82) is 0 Å². The summed E-state index contributed by atoms with van der Waals surface area (Å²) in [6, 6.07) is 1.58. The minimum Gasteiger partial charge on any atom is -0.310 e. The quantitative estimate of drug-likeness (QED) is 0.635. The first-order chi connectivity index (χ1) is 7.12. The van der Waals surface area contributed by atoms with Gasteiger partial charge in [-0.3, -0.25) is 0 Å². The predicted octanol–water partition coefficient (Wildman–Crippen LogP) is 2.69. The van der Waals surface area contributed by atoms with E-state index in [4.69, 9.17) is 0 Å². The minimum atomic E-state index is 0.757. The van der Waals surface area contributed by atoms with Crippen LogP contribution >= 0.6 is 0 Å². The van der Waals surface area contributed by atoms with Crippen LogP contribution in [0.25, 0.3) is 0 Å². The Morgan fingerprint density at radius 2 is 1.80 bits per heavy atom. The van der Waals surface area contributed by atoms with Gasteiger partial charge >= 0.3 is 0 Å². The van der Waals surface area contributed by atoms with Gasteiger partial charge in [-0.15, -0.1) is 0 Å². The summed E-state index contributed by atoms with van der Waals surface area (Å²) in [6.45, 7) is 16.9. The molecule has 1 rings (SSSR count). The number of hydrogen-bond acceptors (Lipinski definition) is 1. The van der Waals surface area contributed by atoms with Gasteiger partial charge < -0.3 is 4.48 Å². The lowest BCUT2D eigenvalue weighted by Gasteiger charge is -2.32. The van der Waals surface area contributed by atoms with Crippen molar-refractivity contribution in [3.8, 4) is 0 Å². The van der Waals surface area contributed by atoms with Crippen molar-refractivity contribution < 1.29 is 4.48 Å². The van der Waals surface area contributed by atoms with Crippen LogP contribution < -0.4 is 0 Å². The van der Waals surface area contributed by atoms with Crippen LogP contribution in [0.4, 0.5) is 0 Å². The molecular formula is C13H29N2+. The molecule has 0 aromatic rings. The predicted molar refractivity (Wildman–Crippen MR) is 66.7 cm³/mol. The Morgan fingerprint density at radius 1 is 1.20 bits per heavy atom. The Kier molecular flexibility index (Phi) is 4.60. The highest BCUT2D eigenvalue weighted by Crippen LogP contribution is 2.26. The summed E-state index contributed by atoms with van der Waals surface area (Å²) in [5.74, 6) is 0. The molecule has 2 heteroatoms. The number of hydrogen-bond donors (Lipinski definition) is 0. The Morgan fingerprint density at radius 3 is 2.20 bits per heavy atom. The molecule has 1 fully saturated rings. The molecule has 0 amide bonds. The van der Waals surface area contributed by atoms with E-state index < -0.39 is 0 Å². The molecule has 0 aromatic carbocycles. The molecule has 0 radical (unpaired) electrons. The third-order valence-corrected chi connectivity index (χ3v) is 4.50. The van der Waals surface area contributed by atoms with Gasteiger partial charge in [-0.25, -0.2) is 4.90 Å². The third kappa shape index (κ3) is 2.54. The standard InChI is InChI=1S/C13H29N2/c1-6-12(5)14-11-15(8-3,9-4)10-13(14)7-2/h12-13H,6-11H2,1-5H3/q+1. The molecule has 0 N–H and O–H groups in total. The summed E-state index contributed by atoms with van der Waals surface area (Å²) < 4.78 is 1.31. The zero-order valence-corrected chi connectivity index (χ0v) is 11.3. The van der Waals surface area contributed by atoms with E-state index in [1.54, 1.807) is 0 Å². The van der Waals surface area contributed by atoms with Gasteiger partial charge in [0.15, 0.2) is 0 Å². The van der Waals surface area contributed by atoms with E-state index >= 15 is 0 Å². The van der Waals surface area contributed by atoms with E-state index in [2.05, 4.69) is 39.5 Å². The van der Waals surface area contributed by atoms with Crippen LogP contribution in [0.2, 0.25) is 0 Å². The van der Waals surface area contributed by atoms with Gasteiger partial charge in [0, 0.05) is 6.04 Å². The van der Waals surface area contributed by atoms with Crippen LogP contribution in [-0.4, -0.2) is 47.8 Å². The molecule has 1 saturated heterocycles. The normalized spacial score (nSPS) is 28.2. The van der Waals surface area contributed by atoms with Gasteiger partial charge in [0.05, 0.1) is 25.7 Å². The fourth-order valence-electron chi connectivity index (χ4n) is 2.85. The first-order valence-electron chi connectivity index (χ1n) is 6.73. The summed E-state index contributed by atoms with van der Waals surface area (Å²) in [6.07, 6.45) is 2.59. The fourth-order valence-corrected chi connectivity index (χ4v) is 2.85. The molecule has 2 unspecified atom stereocenters. The molecule has 0 aromatic heterocycles. The molecule has 1 aliphatic heterocycles. The van der Waals surface area contributed by atoms with Crippen molar-refractivity contribution >= 4 is 0 Å². The van der Waals surface area contributed by atoms with Gasteiger partial charge in [-0.2, -0.15) is 0 Å². The third-order valence-electron chi connectivity index (χ3n) is 4.50. The average molecular weight is 213 g/mol. The number of likely N-dealkylation sites (N-methyl/N-ethyl adjacent to an activating group) is 1. The van der Waals surface area contributed by atoms with Crippen LogP contribution in [0.5, 0.6) is 0 Å². The summed E-state index contributed by atoms with van der Waals surface area (Å²) in [4.78, 5) is 2.74. The topological polar surface area (TPSA) is 3.24 Å². The van der Waals surface area contributed by atoms with Gasteiger partial charge in [0.2, 0.25) is 0 Å². The van der Waals surface area contributed by atoms with Crippen LogP contribution in [0.15, 0.2) is 0 Å². The first-order valence-corrected chi connectivity index (χ1v) is 6.73. The van der Waals surface area contributed by atoms with Crippen molar-refractivity contribution in [3.63, 3.8) is 0 Å². The maximum atomic E-state index is 2.74. The highest BCUT2D eigenvalue weighted by Gasteiger charge is 2.41. The van der Waals surface area contributed by atoms with Gasteiger partial charge in [-0.05, 0) is 33.6 Å². The van der Waals surface area contributed by atoms with Gasteiger partial charge in [0.25, 0.3) is 0 Å². The molecule has 0 aliphatic carbocycles. The second-order valence-corrected chi connectivity index (χ2v) is 5.13. The van der Waals surface area contributed by atoms with Gasteiger partial charge in [0.1, 0.15) is 6.67 Å². The van der Waals surface area contributed by atoms with Crippen LogP contribution in [0.3, 0.4) is 0 Å². The fraction of sp³-hybridized carbons (Fsp3) is 1.00. The highest BCUT2D eigenvalue weighted by atomic mass is 15.5. The maximum Gasteiger partial charge on any atom is 0.135 e. The second-order valence-electron chi connectivity index (χ2n) is 5.13. The number of nitrogens with zero attached hydrogens (tertiary/aromatic N) is 2. The van der Waals surface area contributed by atoms with Crippen molar-refractivity contribution in [3.05, 3.63) is 0 Å².